The smallest absolute Gasteiger partial charge is 0.255 e. The van der Waals surface area contributed by atoms with Crippen LogP contribution in [0.5, 0.6) is 0 Å². The summed E-state index contributed by atoms with van der Waals surface area (Å²) in [6.45, 7) is 0. The normalized spacial score (nSPS) is 14.3. The van der Waals surface area contributed by atoms with Crippen molar-refractivity contribution < 1.29 is 0 Å². The lowest BCUT2D eigenvalue weighted by molar-refractivity contribution is 0.639. The van der Waals surface area contributed by atoms with E-state index in [9.17, 15) is 4.79 Å². The molecule has 1 aromatic carbocycles. The summed E-state index contributed by atoms with van der Waals surface area (Å²) >= 11 is 1.64. The molecule has 0 bridgehead atoms. The van der Waals surface area contributed by atoms with Crippen molar-refractivity contribution >= 4 is 23.6 Å². The van der Waals surface area contributed by atoms with E-state index < -0.39 is 0 Å². The second-order valence-corrected chi connectivity index (χ2v) is 6.84. The molecule has 1 aliphatic rings. The van der Waals surface area contributed by atoms with Crippen molar-refractivity contribution in [3.8, 4) is 0 Å². The number of benzene rings is 1. The van der Waals surface area contributed by atoms with Gasteiger partial charge in [0.1, 0.15) is 0 Å². The van der Waals surface area contributed by atoms with Gasteiger partial charge in [-0.1, -0.05) is 54.2 Å². The van der Waals surface area contributed by atoms with Gasteiger partial charge >= 0.3 is 0 Å². The number of nitrogens with one attached hydrogen (secondary N) is 1. The van der Waals surface area contributed by atoms with Gasteiger partial charge < -0.3 is 0 Å². The minimum Gasteiger partial charge on any atom is -0.290 e. The topological polar surface area (TPSA) is 63.0 Å². The molecule has 24 heavy (non-hydrogen) atoms. The van der Waals surface area contributed by atoms with Crippen molar-refractivity contribution in [2.24, 2.45) is 0 Å². The Balaban J connectivity index is 1.59. The van der Waals surface area contributed by atoms with Crippen molar-refractivity contribution in [3.63, 3.8) is 0 Å². The zero-order valence-corrected chi connectivity index (χ0v) is 14.1. The number of thioether (sulfide) groups is 1. The number of aromatic amines is 1. The fraction of sp³-hybridized carbons (Fsp3) is 0.278. The third kappa shape index (κ3) is 2.89. The molecule has 1 aliphatic carbocycles. The summed E-state index contributed by atoms with van der Waals surface area (Å²) in [4.78, 5) is 15.0. The minimum absolute atomic E-state index is 0.00914. The number of nitrogens with zero attached hydrogens (tertiary/aromatic N) is 3. The molecule has 0 atom stereocenters. The second-order valence-electron chi connectivity index (χ2n) is 5.85. The predicted octanol–water partition coefficient (Wildman–Crippen LogP) is 3.10. The summed E-state index contributed by atoms with van der Waals surface area (Å²) < 4.78 is 2.02. The van der Waals surface area contributed by atoms with E-state index in [4.69, 9.17) is 0 Å². The van der Waals surface area contributed by atoms with E-state index in [0.717, 1.165) is 47.8 Å². The summed E-state index contributed by atoms with van der Waals surface area (Å²) in [5.74, 6) is 1.36. The number of H-pyrrole nitrogens is 1. The van der Waals surface area contributed by atoms with E-state index in [2.05, 4.69) is 39.5 Å². The van der Waals surface area contributed by atoms with Gasteiger partial charge in [-0.15, -0.1) is 10.2 Å². The lowest BCUT2D eigenvalue weighted by Crippen LogP contribution is -2.22. The van der Waals surface area contributed by atoms with Crippen molar-refractivity contribution in [1.82, 2.24) is 19.6 Å². The molecular formula is C18H18N4OS. The molecule has 4 rings (SSSR count). The molecule has 5 nitrogen and oxygen atoms in total. The minimum atomic E-state index is -0.00914. The molecule has 6 heteroatoms. The van der Waals surface area contributed by atoms with Gasteiger partial charge in [0, 0.05) is 17.0 Å². The molecule has 0 amide bonds. The third-order valence-corrected chi connectivity index (χ3v) is 5.14. The van der Waals surface area contributed by atoms with Crippen molar-refractivity contribution in [3.05, 3.63) is 63.6 Å². The molecule has 0 saturated heterocycles. The van der Waals surface area contributed by atoms with Crippen LogP contribution in [0, 0.1) is 0 Å². The second kappa shape index (κ2) is 6.65. The summed E-state index contributed by atoms with van der Waals surface area (Å²) in [6, 6.07) is 10.2. The van der Waals surface area contributed by atoms with Crippen molar-refractivity contribution in [2.45, 2.75) is 30.8 Å². The van der Waals surface area contributed by atoms with Gasteiger partial charge in [0.25, 0.3) is 5.56 Å². The molecule has 0 unspecified atom stereocenters. The van der Waals surface area contributed by atoms with Crippen LogP contribution in [0.15, 0.2) is 46.4 Å². The first-order valence-corrected chi connectivity index (χ1v) is 9.15. The lowest BCUT2D eigenvalue weighted by Gasteiger charge is -2.16. The monoisotopic (exact) mass is 338 g/mol. The van der Waals surface area contributed by atoms with E-state index >= 15 is 0 Å². The predicted molar refractivity (Wildman–Crippen MR) is 96.4 cm³/mol. The Labute approximate surface area is 143 Å². The largest absolute Gasteiger partial charge is 0.290 e. The Morgan fingerprint density at radius 1 is 1.17 bits per heavy atom. The Hall–Kier alpha value is -2.34. The van der Waals surface area contributed by atoms with Crippen LogP contribution in [0.4, 0.5) is 0 Å². The molecule has 2 heterocycles. The van der Waals surface area contributed by atoms with Crippen LogP contribution in [0.1, 0.15) is 29.7 Å². The molecule has 1 N–H and O–H groups in total. The Kier molecular flexibility index (Phi) is 4.21. The number of hydrogen-bond donors (Lipinski definition) is 1. The van der Waals surface area contributed by atoms with Crippen molar-refractivity contribution in [1.29, 1.82) is 0 Å². The standard InChI is InChI=1S/C18H18N4OS/c23-16-14-10-4-5-11-15(14)22-17(19-16)20-21-18(22)24-12-6-9-13-7-2-1-3-8-13/h1-3,6-9H,4-5,10-12H2,(H,19,20,23)/b9-6+. The maximum absolute atomic E-state index is 12.1. The first-order valence-electron chi connectivity index (χ1n) is 8.16. The summed E-state index contributed by atoms with van der Waals surface area (Å²) in [6.07, 6.45) is 8.18. The maximum Gasteiger partial charge on any atom is 0.255 e. The molecule has 0 fully saturated rings. The highest BCUT2D eigenvalue weighted by Gasteiger charge is 2.19. The third-order valence-electron chi connectivity index (χ3n) is 4.26. The summed E-state index contributed by atoms with van der Waals surface area (Å²) in [7, 11) is 0. The number of fused-ring (bicyclic) bond motifs is 3. The van der Waals surface area contributed by atoms with Crippen LogP contribution < -0.4 is 5.56 Å². The maximum atomic E-state index is 12.1. The summed E-state index contributed by atoms with van der Waals surface area (Å²) in [5.41, 5.74) is 3.16. The first kappa shape index (κ1) is 15.2. The SMILES string of the molecule is O=c1[nH]c2nnc(SC/C=C/c3ccccc3)n2c2c1CCCC2. The molecule has 3 aromatic rings. The van der Waals surface area contributed by atoms with Gasteiger partial charge in [0.05, 0.1) is 0 Å². The average molecular weight is 338 g/mol. The van der Waals surface area contributed by atoms with E-state index in [-0.39, 0.29) is 5.56 Å². The Morgan fingerprint density at radius 3 is 2.88 bits per heavy atom. The molecule has 0 radical (unpaired) electrons. The van der Waals surface area contributed by atoms with Gasteiger partial charge in [-0.3, -0.25) is 14.2 Å². The van der Waals surface area contributed by atoms with Crippen LogP contribution in [0.2, 0.25) is 0 Å². The van der Waals surface area contributed by atoms with Gasteiger partial charge in [-0.05, 0) is 31.2 Å². The summed E-state index contributed by atoms with van der Waals surface area (Å²) in [5, 5.41) is 9.24. The highest BCUT2D eigenvalue weighted by Crippen LogP contribution is 2.23. The Morgan fingerprint density at radius 2 is 2.00 bits per heavy atom. The van der Waals surface area contributed by atoms with Crippen LogP contribution >= 0.6 is 11.8 Å². The number of aryl methyl sites for hydroxylation is 1. The van der Waals surface area contributed by atoms with E-state index in [1.54, 1.807) is 11.8 Å². The zero-order chi connectivity index (χ0) is 16.4. The zero-order valence-electron chi connectivity index (χ0n) is 13.2. The van der Waals surface area contributed by atoms with Gasteiger partial charge in [-0.25, -0.2) is 0 Å². The van der Waals surface area contributed by atoms with Gasteiger partial charge in [0.15, 0.2) is 5.16 Å². The molecule has 0 spiro atoms. The number of rotatable bonds is 4. The number of hydrogen-bond acceptors (Lipinski definition) is 4. The van der Waals surface area contributed by atoms with Gasteiger partial charge in [0.2, 0.25) is 5.78 Å². The van der Waals surface area contributed by atoms with Crippen LogP contribution in [-0.2, 0) is 12.8 Å². The van der Waals surface area contributed by atoms with Gasteiger partial charge in [-0.2, -0.15) is 0 Å². The first-order chi connectivity index (χ1) is 11.8. The van der Waals surface area contributed by atoms with E-state index in [1.165, 1.54) is 5.56 Å². The molecule has 122 valence electrons. The number of aromatic nitrogens is 4. The van der Waals surface area contributed by atoms with Crippen LogP contribution in [-0.4, -0.2) is 25.3 Å². The lowest BCUT2D eigenvalue weighted by atomic mass is 9.97. The highest BCUT2D eigenvalue weighted by atomic mass is 32.2. The van der Waals surface area contributed by atoms with Crippen LogP contribution in [0.3, 0.4) is 0 Å². The van der Waals surface area contributed by atoms with E-state index in [1.807, 2.05) is 22.6 Å². The van der Waals surface area contributed by atoms with Crippen LogP contribution in [0.25, 0.3) is 11.9 Å². The average Bonchev–Trinajstić information content (AvgIpc) is 3.03. The molecular weight excluding hydrogens is 320 g/mol. The molecule has 0 aliphatic heterocycles. The quantitative estimate of drug-likeness (QED) is 0.743. The molecule has 2 aromatic heterocycles. The Bertz CT molecular complexity index is 943. The highest BCUT2D eigenvalue weighted by molar-refractivity contribution is 7.99. The fourth-order valence-corrected chi connectivity index (χ4v) is 3.88. The van der Waals surface area contributed by atoms with Crippen molar-refractivity contribution in [2.75, 3.05) is 5.75 Å². The van der Waals surface area contributed by atoms with E-state index in [0.29, 0.717) is 5.78 Å². The molecule has 0 saturated carbocycles. The fourth-order valence-electron chi connectivity index (χ4n) is 3.12.